The van der Waals surface area contributed by atoms with Crippen LogP contribution in [0, 0.1) is 23.6 Å². The third kappa shape index (κ3) is 3.58. The molecule has 1 saturated carbocycles. The first-order valence-corrected chi connectivity index (χ1v) is 10.5. The maximum Gasteiger partial charge on any atom is 0.414 e. The zero-order valence-corrected chi connectivity index (χ0v) is 16.3. The second-order valence-electron chi connectivity index (χ2n) is 8.45. The highest BCUT2D eigenvalue weighted by molar-refractivity contribution is 5.90. The molecule has 1 N–H and O–H groups in total. The van der Waals surface area contributed by atoms with Crippen LogP contribution in [0.4, 0.5) is 20.6 Å². The number of anilines is 2. The predicted octanol–water partition coefficient (Wildman–Crippen LogP) is 2.37. The van der Waals surface area contributed by atoms with E-state index in [-0.39, 0.29) is 25.3 Å². The highest BCUT2D eigenvalue weighted by Crippen LogP contribution is 2.53. The zero-order valence-electron chi connectivity index (χ0n) is 16.3. The van der Waals surface area contributed by atoms with E-state index in [2.05, 4.69) is 4.90 Å². The maximum atomic E-state index is 14.8. The minimum absolute atomic E-state index is 0.0498. The van der Waals surface area contributed by atoms with Gasteiger partial charge in [-0.1, -0.05) is 0 Å². The summed E-state index contributed by atoms with van der Waals surface area (Å²) in [4.78, 5) is 15.3. The number of rotatable bonds is 6. The van der Waals surface area contributed by atoms with E-state index in [9.17, 15) is 14.3 Å². The number of aliphatic hydroxyl groups excluding tert-OH is 1. The summed E-state index contributed by atoms with van der Waals surface area (Å²) in [5, 5.41) is 9.40. The van der Waals surface area contributed by atoms with Crippen molar-refractivity contribution < 1.29 is 28.5 Å². The van der Waals surface area contributed by atoms with Gasteiger partial charge in [-0.2, -0.15) is 0 Å². The highest BCUT2D eigenvalue weighted by atomic mass is 19.1. The number of ether oxygens (including phenoxy) is 3. The minimum atomic E-state index is -0.552. The van der Waals surface area contributed by atoms with E-state index in [1.54, 1.807) is 12.1 Å². The van der Waals surface area contributed by atoms with E-state index in [0.29, 0.717) is 29.1 Å². The van der Waals surface area contributed by atoms with Crippen molar-refractivity contribution in [3.63, 3.8) is 0 Å². The first-order chi connectivity index (χ1) is 14.2. The Morgan fingerprint density at radius 1 is 1.24 bits per heavy atom. The molecule has 2 unspecified atom stereocenters. The van der Waals surface area contributed by atoms with Crippen LogP contribution >= 0.6 is 0 Å². The van der Waals surface area contributed by atoms with Crippen LogP contribution in [-0.4, -0.2) is 63.0 Å². The Morgan fingerprint density at radius 2 is 2.07 bits per heavy atom. The third-order valence-corrected chi connectivity index (χ3v) is 6.71. The fourth-order valence-electron chi connectivity index (χ4n) is 4.97. The van der Waals surface area contributed by atoms with Crippen LogP contribution in [0.3, 0.4) is 0 Å². The number of fused-ring (bicyclic) bond motifs is 1. The standard InChI is InChI=1S/C21H27FN2O5/c22-18-7-13(24-14(10-25)11-29-21(24)26)4-5-19(18)23-8-15-16(9-23)17(15)12-28-20-3-1-2-6-27-20/h4-5,7,14-17,20,25H,1-3,6,8-12H2/t14?,15-,16+,17?,20-/m1/s1. The quantitative estimate of drug-likeness (QED) is 0.782. The smallest absolute Gasteiger partial charge is 0.414 e. The van der Waals surface area contributed by atoms with Gasteiger partial charge in [0.05, 0.1) is 30.6 Å². The van der Waals surface area contributed by atoms with E-state index in [1.807, 2.05) is 0 Å². The van der Waals surface area contributed by atoms with Gasteiger partial charge in [0.25, 0.3) is 0 Å². The summed E-state index contributed by atoms with van der Waals surface area (Å²) in [5.41, 5.74) is 0.972. The number of halogens is 1. The molecular weight excluding hydrogens is 379 g/mol. The van der Waals surface area contributed by atoms with Crippen LogP contribution in [0.5, 0.6) is 0 Å². The van der Waals surface area contributed by atoms with Crippen molar-refractivity contribution in [1.29, 1.82) is 0 Å². The third-order valence-electron chi connectivity index (χ3n) is 6.71. The van der Waals surface area contributed by atoms with Gasteiger partial charge in [-0.25, -0.2) is 9.18 Å². The molecule has 4 aliphatic rings. The molecule has 0 radical (unpaired) electrons. The van der Waals surface area contributed by atoms with E-state index in [1.165, 1.54) is 17.4 Å². The second-order valence-corrected chi connectivity index (χ2v) is 8.45. The van der Waals surface area contributed by atoms with Crippen LogP contribution in [0.2, 0.25) is 0 Å². The number of piperidine rings is 1. The first-order valence-electron chi connectivity index (χ1n) is 10.5. The number of aliphatic hydroxyl groups is 1. The van der Waals surface area contributed by atoms with Gasteiger partial charge in [0, 0.05) is 19.7 Å². The fourth-order valence-corrected chi connectivity index (χ4v) is 4.97. The Balaban J connectivity index is 1.18. The van der Waals surface area contributed by atoms with Gasteiger partial charge in [-0.3, -0.25) is 4.90 Å². The van der Waals surface area contributed by atoms with Crippen LogP contribution in [0.15, 0.2) is 18.2 Å². The average Bonchev–Trinajstić information content (AvgIpc) is 3.05. The molecule has 1 aliphatic carbocycles. The summed E-state index contributed by atoms with van der Waals surface area (Å²) in [7, 11) is 0. The van der Waals surface area contributed by atoms with Gasteiger partial charge in [0.1, 0.15) is 12.4 Å². The van der Waals surface area contributed by atoms with E-state index in [0.717, 1.165) is 39.1 Å². The van der Waals surface area contributed by atoms with Gasteiger partial charge < -0.3 is 24.2 Å². The first kappa shape index (κ1) is 19.1. The van der Waals surface area contributed by atoms with Crippen molar-refractivity contribution in [3.05, 3.63) is 24.0 Å². The Bertz CT molecular complexity index is 759. The van der Waals surface area contributed by atoms with Crippen LogP contribution in [-0.2, 0) is 14.2 Å². The average molecular weight is 406 g/mol. The number of hydrogen-bond acceptors (Lipinski definition) is 6. The van der Waals surface area contributed by atoms with Crippen LogP contribution in [0.1, 0.15) is 19.3 Å². The predicted molar refractivity (Wildman–Crippen MR) is 103 cm³/mol. The molecule has 5 atom stereocenters. The lowest BCUT2D eigenvalue weighted by Gasteiger charge is -2.26. The molecular formula is C21H27FN2O5. The highest BCUT2D eigenvalue weighted by Gasteiger charge is 2.56. The number of amides is 1. The van der Waals surface area contributed by atoms with E-state index < -0.39 is 12.1 Å². The summed E-state index contributed by atoms with van der Waals surface area (Å²) in [5.74, 6) is 1.28. The fraction of sp³-hybridized carbons (Fsp3) is 0.667. The molecule has 1 aromatic rings. The number of benzene rings is 1. The van der Waals surface area contributed by atoms with Crippen molar-refractivity contribution in [2.75, 3.05) is 49.3 Å². The molecule has 0 spiro atoms. The lowest BCUT2D eigenvalue weighted by molar-refractivity contribution is -0.165. The lowest BCUT2D eigenvalue weighted by atomic mass is 10.2. The molecule has 158 valence electrons. The van der Waals surface area contributed by atoms with Gasteiger partial charge in [0.15, 0.2) is 6.29 Å². The van der Waals surface area contributed by atoms with Gasteiger partial charge in [-0.15, -0.1) is 0 Å². The lowest BCUT2D eigenvalue weighted by Crippen LogP contribution is -2.36. The number of hydrogen-bond donors (Lipinski definition) is 1. The molecule has 3 saturated heterocycles. The Labute approximate surface area is 169 Å². The second kappa shape index (κ2) is 7.74. The largest absolute Gasteiger partial charge is 0.447 e. The molecule has 3 aliphatic heterocycles. The Morgan fingerprint density at radius 3 is 2.76 bits per heavy atom. The monoisotopic (exact) mass is 406 g/mol. The summed E-state index contributed by atoms with van der Waals surface area (Å²) in [6.07, 6.45) is 2.66. The summed E-state index contributed by atoms with van der Waals surface area (Å²) in [6.45, 7) is 3.06. The molecule has 1 amide bonds. The zero-order chi connectivity index (χ0) is 20.0. The van der Waals surface area contributed by atoms with Crippen molar-refractivity contribution in [3.8, 4) is 0 Å². The van der Waals surface area contributed by atoms with Gasteiger partial charge in [-0.05, 0) is 55.2 Å². The summed E-state index contributed by atoms with van der Waals surface area (Å²) >= 11 is 0. The van der Waals surface area contributed by atoms with E-state index >= 15 is 0 Å². The Hall–Kier alpha value is -1.90. The van der Waals surface area contributed by atoms with Crippen LogP contribution in [0.25, 0.3) is 0 Å². The molecule has 1 aromatic carbocycles. The van der Waals surface area contributed by atoms with Crippen molar-refractivity contribution in [2.24, 2.45) is 17.8 Å². The number of nitrogens with zero attached hydrogens (tertiary/aromatic N) is 2. The minimum Gasteiger partial charge on any atom is -0.447 e. The van der Waals surface area contributed by atoms with Crippen molar-refractivity contribution >= 4 is 17.5 Å². The molecule has 3 heterocycles. The molecule has 7 nitrogen and oxygen atoms in total. The van der Waals surface area contributed by atoms with Gasteiger partial charge in [0.2, 0.25) is 0 Å². The summed E-state index contributed by atoms with van der Waals surface area (Å²) in [6, 6.07) is 4.33. The molecule has 0 bridgehead atoms. The number of cyclic esters (lactones) is 1. The molecule has 29 heavy (non-hydrogen) atoms. The maximum absolute atomic E-state index is 14.8. The summed E-state index contributed by atoms with van der Waals surface area (Å²) < 4.78 is 31.3. The van der Waals surface area contributed by atoms with Crippen molar-refractivity contribution in [1.82, 2.24) is 0 Å². The van der Waals surface area contributed by atoms with E-state index in [4.69, 9.17) is 14.2 Å². The molecule has 5 rings (SSSR count). The number of carbonyl (C=O) groups excluding carboxylic acids is 1. The SMILES string of the molecule is O=C1OCC(CO)N1c1ccc(N2C[C@@H]3C(CO[C@@H]4CCCCO4)[C@@H]3C2)c(F)c1. The van der Waals surface area contributed by atoms with Crippen LogP contribution < -0.4 is 9.80 Å². The molecule has 8 heteroatoms. The van der Waals surface area contributed by atoms with Crippen molar-refractivity contribution in [2.45, 2.75) is 31.6 Å². The Kier molecular flexibility index (Phi) is 5.09. The normalized spacial score (nSPS) is 33.7. The number of carbonyl (C=O) groups is 1. The topological polar surface area (TPSA) is 71.5 Å². The molecule has 0 aromatic heterocycles. The van der Waals surface area contributed by atoms with Gasteiger partial charge >= 0.3 is 6.09 Å². The molecule has 4 fully saturated rings.